The van der Waals surface area contributed by atoms with Crippen LogP contribution in [0.1, 0.15) is 24.8 Å². The molecule has 1 heterocycles. The van der Waals surface area contributed by atoms with E-state index in [0.29, 0.717) is 0 Å². The van der Waals surface area contributed by atoms with Gasteiger partial charge in [-0.15, -0.1) is 0 Å². The van der Waals surface area contributed by atoms with Crippen molar-refractivity contribution in [1.29, 1.82) is 0 Å². The minimum absolute atomic E-state index is 0.180. The third kappa shape index (κ3) is 0.793. The standard InChI is InChI=1S/C11H10BrNO/c12-13-9-5-2-1-4-8(9)11(10(13)14)6-3-7-11/h1-2,4-5H,3,6-7H2. The Labute approximate surface area is 91.2 Å². The van der Waals surface area contributed by atoms with Crippen LogP contribution in [0.2, 0.25) is 0 Å². The van der Waals surface area contributed by atoms with Crippen molar-refractivity contribution >= 4 is 27.7 Å². The Morgan fingerprint density at radius 1 is 1.29 bits per heavy atom. The van der Waals surface area contributed by atoms with Crippen LogP contribution in [0.15, 0.2) is 24.3 Å². The van der Waals surface area contributed by atoms with Crippen LogP contribution in [0.3, 0.4) is 0 Å². The van der Waals surface area contributed by atoms with Gasteiger partial charge in [0.1, 0.15) is 0 Å². The van der Waals surface area contributed by atoms with E-state index in [-0.39, 0.29) is 11.3 Å². The first-order valence-corrected chi connectivity index (χ1v) is 5.56. The summed E-state index contributed by atoms with van der Waals surface area (Å²) in [7, 11) is 0. The molecule has 2 aliphatic rings. The fraction of sp³-hybridized carbons (Fsp3) is 0.364. The van der Waals surface area contributed by atoms with Gasteiger partial charge in [-0.1, -0.05) is 24.6 Å². The van der Waals surface area contributed by atoms with Gasteiger partial charge in [0.05, 0.1) is 27.2 Å². The zero-order valence-corrected chi connectivity index (χ0v) is 9.25. The number of nitrogens with zero attached hydrogens (tertiary/aromatic N) is 1. The zero-order chi connectivity index (χ0) is 9.76. The molecule has 0 aromatic heterocycles. The number of fused-ring (bicyclic) bond motifs is 2. The second-order valence-corrected chi connectivity index (χ2v) is 4.75. The summed E-state index contributed by atoms with van der Waals surface area (Å²) in [5.74, 6) is 0.213. The van der Waals surface area contributed by atoms with Gasteiger partial charge in [0.25, 0.3) is 0 Å². The van der Waals surface area contributed by atoms with Crippen LogP contribution in [-0.4, -0.2) is 5.91 Å². The first-order chi connectivity index (χ1) is 6.76. The number of rotatable bonds is 0. The van der Waals surface area contributed by atoms with E-state index < -0.39 is 0 Å². The van der Waals surface area contributed by atoms with Gasteiger partial charge in [0.15, 0.2) is 0 Å². The summed E-state index contributed by atoms with van der Waals surface area (Å²) in [6.07, 6.45) is 3.18. The summed E-state index contributed by atoms with van der Waals surface area (Å²) in [4.78, 5) is 12.0. The lowest BCUT2D eigenvalue weighted by atomic mass is 9.65. The predicted octanol–water partition coefficient (Wildman–Crippen LogP) is 2.76. The molecule has 3 rings (SSSR count). The maximum atomic E-state index is 12.0. The van der Waals surface area contributed by atoms with E-state index in [9.17, 15) is 4.79 Å². The average Bonchev–Trinajstić information content (AvgIpc) is 2.37. The number of carbonyl (C=O) groups is 1. The third-order valence-corrected chi connectivity index (χ3v) is 4.13. The monoisotopic (exact) mass is 251 g/mol. The molecule has 1 amide bonds. The van der Waals surface area contributed by atoms with Crippen LogP contribution in [-0.2, 0) is 10.2 Å². The van der Waals surface area contributed by atoms with Gasteiger partial charge in [-0.25, -0.2) is 3.93 Å². The highest BCUT2D eigenvalue weighted by Gasteiger charge is 2.53. The molecule has 1 aromatic rings. The van der Waals surface area contributed by atoms with Gasteiger partial charge in [0.2, 0.25) is 5.91 Å². The summed E-state index contributed by atoms with van der Waals surface area (Å²) < 4.78 is 1.63. The van der Waals surface area contributed by atoms with Crippen LogP contribution in [0.25, 0.3) is 0 Å². The molecule has 0 atom stereocenters. The maximum absolute atomic E-state index is 12.0. The number of halogens is 1. The molecule has 72 valence electrons. The highest BCUT2D eigenvalue weighted by atomic mass is 79.9. The summed E-state index contributed by atoms with van der Waals surface area (Å²) >= 11 is 3.34. The Bertz CT molecular complexity index is 412. The van der Waals surface area contributed by atoms with Crippen molar-refractivity contribution in [2.75, 3.05) is 3.93 Å². The Hall–Kier alpha value is -0.830. The molecule has 3 heteroatoms. The summed E-state index contributed by atoms with van der Waals surface area (Å²) in [5.41, 5.74) is 2.05. The van der Waals surface area contributed by atoms with Crippen molar-refractivity contribution in [2.45, 2.75) is 24.7 Å². The van der Waals surface area contributed by atoms with E-state index in [1.165, 1.54) is 12.0 Å². The van der Waals surface area contributed by atoms with Crippen molar-refractivity contribution in [3.05, 3.63) is 29.8 Å². The molecule has 0 N–H and O–H groups in total. The molecule has 0 radical (unpaired) electrons. The smallest absolute Gasteiger partial charge is 0.247 e. The first kappa shape index (κ1) is 8.48. The summed E-state index contributed by atoms with van der Waals surface area (Å²) in [6.45, 7) is 0. The molecule has 0 unspecified atom stereocenters. The van der Waals surface area contributed by atoms with Crippen LogP contribution in [0, 0.1) is 0 Å². The predicted molar refractivity (Wildman–Crippen MR) is 58.4 cm³/mol. The van der Waals surface area contributed by atoms with E-state index in [1.807, 2.05) is 18.2 Å². The van der Waals surface area contributed by atoms with E-state index in [4.69, 9.17) is 0 Å². The highest BCUT2D eigenvalue weighted by molar-refractivity contribution is 9.10. The number of para-hydroxylation sites is 1. The van der Waals surface area contributed by atoms with Crippen LogP contribution in [0.5, 0.6) is 0 Å². The second-order valence-electron chi connectivity index (χ2n) is 4.04. The lowest BCUT2D eigenvalue weighted by molar-refractivity contribution is -0.124. The minimum atomic E-state index is -0.180. The van der Waals surface area contributed by atoms with E-state index in [1.54, 1.807) is 3.93 Å². The van der Waals surface area contributed by atoms with E-state index in [0.717, 1.165) is 18.5 Å². The number of hydrogen-bond acceptors (Lipinski definition) is 1. The lowest BCUT2D eigenvalue weighted by Crippen LogP contribution is -2.42. The van der Waals surface area contributed by atoms with Gasteiger partial charge < -0.3 is 0 Å². The molecule has 0 saturated heterocycles. The Balaban J connectivity index is 2.23. The topological polar surface area (TPSA) is 20.3 Å². The second kappa shape index (κ2) is 2.60. The third-order valence-electron chi connectivity index (χ3n) is 3.43. The van der Waals surface area contributed by atoms with Crippen molar-refractivity contribution in [3.8, 4) is 0 Å². The molecule has 2 nitrogen and oxygen atoms in total. The maximum Gasteiger partial charge on any atom is 0.247 e. The Kier molecular flexibility index (Phi) is 1.57. The van der Waals surface area contributed by atoms with Crippen molar-refractivity contribution < 1.29 is 4.79 Å². The number of benzene rings is 1. The van der Waals surface area contributed by atoms with Gasteiger partial charge in [-0.2, -0.15) is 0 Å². The molecular formula is C11H10BrNO. The lowest BCUT2D eigenvalue weighted by Gasteiger charge is -2.36. The van der Waals surface area contributed by atoms with Gasteiger partial charge in [-0.3, -0.25) is 4.79 Å². The molecule has 1 aliphatic heterocycles. The first-order valence-electron chi connectivity index (χ1n) is 4.85. The number of hydrogen-bond donors (Lipinski definition) is 0. The fourth-order valence-corrected chi connectivity index (χ4v) is 3.12. The van der Waals surface area contributed by atoms with Gasteiger partial charge in [0, 0.05) is 0 Å². The number of amides is 1. The average molecular weight is 252 g/mol. The van der Waals surface area contributed by atoms with E-state index in [2.05, 4.69) is 22.2 Å². The molecule has 1 aliphatic carbocycles. The molecular weight excluding hydrogens is 242 g/mol. The minimum Gasteiger partial charge on any atom is -0.273 e. The molecule has 1 aromatic carbocycles. The van der Waals surface area contributed by atoms with Gasteiger partial charge >= 0.3 is 0 Å². The van der Waals surface area contributed by atoms with Crippen LogP contribution >= 0.6 is 16.1 Å². The van der Waals surface area contributed by atoms with Crippen LogP contribution in [0.4, 0.5) is 5.69 Å². The molecule has 14 heavy (non-hydrogen) atoms. The summed E-state index contributed by atoms with van der Waals surface area (Å²) in [5, 5.41) is 0. The quantitative estimate of drug-likeness (QED) is 0.650. The SMILES string of the molecule is O=C1N(Br)c2ccccc2C12CCC2. The normalized spacial score (nSPS) is 22.4. The molecule has 0 bridgehead atoms. The zero-order valence-electron chi connectivity index (χ0n) is 7.66. The largest absolute Gasteiger partial charge is 0.273 e. The number of carbonyl (C=O) groups excluding carboxylic acids is 1. The fourth-order valence-electron chi connectivity index (χ4n) is 2.48. The summed E-state index contributed by atoms with van der Waals surface area (Å²) in [6, 6.07) is 8.05. The number of anilines is 1. The van der Waals surface area contributed by atoms with Crippen molar-refractivity contribution in [2.24, 2.45) is 0 Å². The van der Waals surface area contributed by atoms with Crippen molar-refractivity contribution in [3.63, 3.8) is 0 Å². The molecule has 1 fully saturated rings. The Morgan fingerprint density at radius 2 is 2.00 bits per heavy atom. The van der Waals surface area contributed by atoms with Gasteiger partial charge in [-0.05, 0) is 24.5 Å². The van der Waals surface area contributed by atoms with Crippen molar-refractivity contribution in [1.82, 2.24) is 0 Å². The van der Waals surface area contributed by atoms with Crippen LogP contribution < -0.4 is 3.93 Å². The Morgan fingerprint density at radius 3 is 2.64 bits per heavy atom. The highest BCUT2D eigenvalue weighted by Crippen LogP contribution is 2.54. The van der Waals surface area contributed by atoms with E-state index >= 15 is 0 Å². The molecule has 1 spiro atoms. The molecule has 1 saturated carbocycles.